The maximum Gasteiger partial charge on any atom is 0.140 e. The van der Waals surface area contributed by atoms with Crippen LogP contribution in [0.15, 0.2) is 6.07 Å². The predicted octanol–water partition coefficient (Wildman–Crippen LogP) is 4.46. The highest BCUT2D eigenvalue weighted by molar-refractivity contribution is 7.99. The van der Waals surface area contributed by atoms with E-state index in [9.17, 15) is 0 Å². The Hall–Kier alpha value is -0.280. The Kier molecular flexibility index (Phi) is 4.48. The minimum Gasteiger partial charge on any atom is -0.236 e. The maximum absolute atomic E-state index is 6.05. The van der Waals surface area contributed by atoms with Crippen LogP contribution >= 0.6 is 23.4 Å². The summed E-state index contributed by atoms with van der Waals surface area (Å²) in [5.41, 5.74) is 1.01. The quantitative estimate of drug-likeness (QED) is 0.744. The van der Waals surface area contributed by atoms with E-state index in [-0.39, 0.29) is 10.2 Å². The average molecular weight is 273 g/mol. The molecule has 0 saturated carbocycles. The summed E-state index contributed by atoms with van der Waals surface area (Å²) in [6, 6.07) is 1.85. The van der Waals surface area contributed by atoms with Gasteiger partial charge in [0.15, 0.2) is 0 Å². The zero-order valence-electron chi connectivity index (χ0n) is 11.5. The van der Waals surface area contributed by atoms with Crippen molar-refractivity contribution in [3.05, 3.63) is 22.7 Å². The number of halogens is 1. The topological polar surface area (TPSA) is 25.8 Å². The Balaban J connectivity index is 2.91. The van der Waals surface area contributed by atoms with Gasteiger partial charge in [-0.2, -0.15) is 0 Å². The van der Waals surface area contributed by atoms with Gasteiger partial charge < -0.3 is 0 Å². The highest BCUT2D eigenvalue weighted by Crippen LogP contribution is 2.28. The van der Waals surface area contributed by atoms with Gasteiger partial charge in [0.2, 0.25) is 0 Å². The summed E-state index contributed by atoms with van der Waals surface area (Å²) >= 11 is 7.88. The second-order valence-corrected chi connectivity index (χ2v) is 8.33. The van der Waals surface area contributed by atoms with Crippen molar-refractivity contribution in [1.82, 2.24) is 9.97 Å². The van der Waals surface area contributed by atoms with E-state index in [4.69, 9.17) is 11.6 Å². The number of rotatable bonds is 2. The summed E-state index contributed by atoms with van der Waals surface area (Å²) in [4.78, 5) is 8.88. The van der Waals surface area contributed by atoms with Crippen LogP contribution in [-0.2, 0) is 11.2 Å². The fourth-order valence-electron chi connectivity index (χ4n) is 1.19. The van der Waals surface area contributed by atoms with Gasteiger partial charge in [0.1, 0.15) is 11.0 Å². The third-order valence-electron chi connectivity index (χ3n) is 2.14. The van der Waals surface area contributed by atoms with Crippen molar-refractivity contribution in [3.63, 3.8) is 0 Å². The van der Waals surface area contributed by atoms with Crippen molar-refractivity contribution < 1.29 is 0 Å². The molecule has 0 atom stereocenters. The van der Waals surface area contributed by atoms with Crippen LogP contribution < -0.4 is 0 Å². The van der Waals surface area contributed by atoms with E-state index in [1.807, 2.05) is 17.8 Å². The Bertz CT molecular complexity index is 391. The van der Waals surface area contributed by atoms with E-state index in [1.165, 1.54) is 0 Å². The van der Waals surface area contributed by atoms with Gasteiger partial charge in [-0.05, 0) is 6.07 Å². The van der Waals surface area contributed by atoms with Crippen LogP contribution in [0.25, 0.3) is 0 Å². The van der Waals surface area contributed by atoms with Gasteiger partial charge in [-0.25, -0.2) is 9.97 Å². The predicted molar refractivity (Wildman–Crippen MR) is 76.8 cm³/mol. The van der Waals surface area contributed by atoms with Crippen molar-refractivity contribution in [3.8, 4) is 0 Å². The molecule has 0 aliphatic rings. The molecule has 0 bridgehead atoms. The number of aromatic nitrogens is 2. The summed E-state index contributed by atoms with van der Waals surface area (Å²) in [7, 11) is 0. The lowest BCUT2D eigenvalue weighted by atomic mass is 9.92. The van der Waals surface area contributed by atoms with Crippen LogP contribution in [0.3, 0.4) is 0 Å². The number of nitrogens with zero attached hydrogens (tertiary/aromatic N) is 2. The zero-order chi connectivity index (χ0) is 13.3. The molecule has 0 aliphatic carbocycles. The van der Waals surface area contributed by atoms with E-state index in [1.54, 1.807) is 0 Å². The fourth-order valence-corrected chi connectivity index (χ4v) is 2.09. The van der Waals surface area contributed by atoms with Crippen molar-refractivity contribution in [2.24, 2.45) is 0 Å². The molecule has 1 aromatic heterocycles. The molecule has 1 rings (SSSR count). The molecule has 0 unspecified atom stereocenters. The monoisotopic (exact) mass is 272 g/mol. The largest absolute Gasteiger partial charge is 0.236 e. The lowest BCUT2D eigenvalue weighted by Gasteiger charge is -2.20. The van der Waals surface area contributed by atoms with Gasteiger partial charge in [-0.15, -0.1) is 11.8 Å². The van der Waals surface area contributed by atoms with Crippen molar-refractivity contribution in [2.75, 3.05) is 0 Å². The third-order valence-corrected chi connectivity index (χ3v) is 3.61. The normalized spacial score (nSPS) is 12.9. The molecular weight excluding hydrogens is 252 g/mol. The SMILES string of the molecule is CC(C)(C)SCc1nc(Cl)cc(C(C)(C)C)n1. The lowest BCUT2D eigenvalue weighted by Crippen LogP contribution is -2.16. The highest BCUT2D eigenvalue weighted by atomic mass is 35.5. The summed E-state index contributed by atoms with van der Waals surface area (Å²) in [5.74, 6) is 1.62. The summed E-state index contributed by atoms with van der Waals surface area (Å²) in [6.45, 7) is 13.0. The van der Waals surface area contributed by atoms with E-state index >= 15 is 0 Å². The molecule has 0 aromatic carbocycles. The lowest BCUT2D eigenvalue weighted by molar-refractivity contribution is 0.564. The molecule has 0 fully saturated rings. The molecule has 2 nitrogen and oxygen atoms in total. The first-order valence-corrected chi connectivity index (χ1v) is 7.12. The van der Waals surface area contributed by atoms with Crippen LogP contribution in [0.5, 0.6) is 0 Å². The standard InChI is InChI=1S/C13H21ClN2S/c1-12(2,3)9-7-10(14)16-11(15-9)8-17-13(4,5)6/h7H,8H2,1-6H3. The van der Waals surface area contributed by atoms with E-state index in [0.29, 0.717) is 5.15 Å². The van der Waals surface area contributed by atoms with Gasteiger partial charge >= 0.3 is 0 Å². The first-order valence-electron chi connectivity index (χ1n) is 5.76. The Morgan fingerprint density at radius 3 is 2.18 bits per heavy atom. The van der Waals surface area contributed by atoms with Crippen molar-refractivity contribution >= 4 is 23.4 Å². The minimum absolute atomic E-state index is 0.00767. The highest BCUT2D eigenvalue weighted by Gasteiger charge is 2.18. The van der Waals surface area contributed by atoms with E-state index in [0.717, 1.165) is 17.3 Å². The molecule has 0 amide bonds. The molecule has 0 radical (unpaired) electrons. The van der Waals surface area contributed by atoms with Gasteiger partial charge in [0.05, 0.1) is 11.4 Å². The van der Waals surface area contributed by atoms with Gasteiger partial charge in [0.25, 0.3) is 0 Å². The fraction of sp³-hybridized carbons (Fsp3) is 0.692. The zero-order valence-corrected chi connectivity index (χ0v) is 13.0. The average Bonchev–Trinajstić information content (AvgIpc) is 2.11. The maximum atomic E-state index is 6.05. The third kappa shape index (κ3) is 5.26. The first kappa shape index (κ1) is 14.8. The van der Waals surface area contributed by atoms with Crippen molar-refractivity contribution in [2.45, 2.75) is 57.5 Å². The minimum atomic E-state index is 0.00767. The smallest absolute Gasteiger partial charge is 0.140 e. The van der Waals surface area contributed by atoms with E-state index < -0.39 is 0 Å². The second-order valence-electron chi connectivity index (χ2n) is 6.14. The number of hydrogen-bond donors (Lipinski definition) is 0. The van der Waals surface area contributed by atoms with E-state index in [2.05, 4.69) is 51.5 Å². The molecule has 0 saturated heterocycles. The van der Waals surface area contributed by atoms with Gasteiger partial charge in [-0.1, -0.05) is 53.1 Å². The molecule has 0 N–H and O–H groups in total. The first-order chi connectivity index (χ1) is 7.58. The Morgan fingerprint density at radius 1 is 1.12 bits per heavy atom. The number of thioether (sulfide) groups is 1. The van der Waals surface area contributed by atoms with Crippen LogP contribution in [0, 0.1) is 0 Å². The Morgan fingerprint density at radius 2 is 1.71 bits per heavy atom. The molecular formula is C13H21ClN2S. The van der Waals surface area contributed by atoms with Crippen LogP contribution in [0.2, 0.25) is 5.15 Å². The molecule has 4 heteroatoms. The second kappa shape index (κ2) is 5.15. The summed E-state index contributed by atoms with van der Waals surface area (Å²) in [6.07, 6.45) is 0. The molecule has 1 heterocycles. The van der Waals surface area contributed by atoms with Crippen LogP contribution in [0.4, 0.5) is 0 Å². The van der Waals surface area contributed by atoms with Crippen LogP contribution in [-0.4, -0.2) is 14.7 Å². The number of hydrogen-bond acceptors (Lipinski definition) is 3. The van der Waals surface area contributed by atoms with Crippen molar-refractivity contribution in [1.29, 1.82) is 0 Å². The van der Waals surface area contributed by atoms with Crippen LogP contribution in [0.1, 0.15) is 53.1 Å². The Labute approximate surface area is 114 Å². The molecule has 0 spiro atoms. The summed E-state index contributed by atoms with van der Waals surface area (Å²) < 4.78 is 0.216. The molecule has 1 aromatic rings. The molecule has 0 aliphatic heterocycles. The molecule has 17 heavy (non-hydrogen) atoms. The summed E-state index contributed by atoms with van der Waals surface area (Å²) in [5, 5.41) is 0.537. The van der Waals surface area contributed by atoms with Gasteiger partial charge in [-0.3, -0.25) is 0 Å². The van der Waals surface area contributed by atoms with Gasteiger partial charge in [0, 0.05) is 10.2 Å². The molecule has 96 valence electrons.